The Morgan fingerprint density at radius 2 is 1.89 bits per heavy atom. The van der Waals surface area contributed by atoms with E-state index in [4.69, 9.17) is 16.9 Å². The summed E-state index contributed by atoms with van der Waals surface area (Å²) in [5.74, 6) is 0. The molecule has 0 aliphatic carbocycles. The van der Waals surface area contributed by atoms with Crippen LogP contribution in [-0.2, 0) is 0 Å². The van der Waals surface area contributed by atoms with Gasteiger partial charge in [0, 0.05) is 0 Å². The van der Waals surface area contributed by atoms with E-state index in [2.05, 4.69) is 0 Å². The van der Waals surface area contributed by atoms with Crippen molar-refractivity contribution in [2.75, 3.05) is 0 Å². The molecule has 0 bridgehead atoms. The fourth-order valence-electron chi connectivity index (χ4n) is 0.200. The summed E-state index contributed by atoms with van der Waals surface area (Å²) in [5.41, 5.74) is 10.2. The third kappa shape index (κ3) is 17.7. The highest BCUT2D eigenvalue weighted by Gasteiger charge is 1.93. The van der Waals surface area contributed by atoms with Crippen LogP contribution in [0.1, 0.15) is 6.92 Å². The third-order valence-corrected chi connectivity index (χ3v) is 0.939. The molecule has 0 aromatic heterocycles. The van der Waals surface area contributed by atoms with Crippen molar-refractivity contribution in [2.45, 2.75) is 12.3 Å². The lowest BCUT2D eigenvalue weighted by molar-refractivity contribution is 1.05. The second-order valence-electron chi connectivity index (χ2n) is 1.19. The van der Waals surface area contributed by atoms with E-state index in [-0.39, 0.29) is 44.5 Å². The van der Waals surface area contributed by atoms with Crippen molar-refractivity contribution in [3.63, 3.8) is 0 Å². The van der Waals surface area contributed by atoms with Crippen LogP contribution < -0.4 is 11.5 Å². The molecule has 0 unspecified atom stereocenters. The minimum Gasteiger partial charge on any atom is -0.379 e. The summed E-state index contributed by atoms with van der Waals surface area (Å²) in [4.78, 5) is 0. The minimum absolute atomic E-state index is 0. The maximum Gasteiger partial charge on any atom is 0.152 e. The van der Waals surface area contributed by atoms with Crippen LogP contribution in [-0.4, -0.2) is 10.5 Å². The molecule has 0 aliphatic rings. The maximum atomic E-state index is 6.69. The van der Waals surface area contributed by atoms with Gasteiger partial charge >= 0.3 is 0 Å². The summed E-state index contributed by atoms with van der Waals surface area (Å²) in [6.07, 6.45) is 0. The van der Waals surface area contributed by atoms with Crippen LogP contribution in [0.25, 0.3) is 0 Å². The van der Waals surface area contributed by atoms with Gasteiger partial charge in [-0.25, -0.2) is 0 Å². The molecule has 1 atom stereocenters. The Bertz CT molecular complexity index is 77.5. The molecule has 9 heavy (non-hydrogen) atoms. The van der Waals surface area contributed by atoms with Crippen LogP contribution in [0.2, 0.25) is 0 Å². The number of halogens is 2. The highest BCUT2D eigenvalue weighted by molar-refractivity contribution is 8.93. The van der Waals surface area contributed by atoms with E-state index in [1.165, 1.54) is 0 Å². The summed E-state index contributed by atoms with van der Waals surface area (Å²) >= 11 is 1.15. The first-order valence-electron chi connectivity index (χ1n) is 1.89. The first-order chi connectivity index (χ1) is 3.13. The number of thioether (sulfide) groups is 1. The van der Waals surface area contributed by atoms with Crippen LogP contribution in [0.15, 0.2) is 0 Å². The van der Waals surface area contributed by atoms with Gasteiger partial charge in [0.25, 0.3) is 0 Å². The molecule has 58 valence electrons. The van der Waals surface area contributed by atoms with Gasteiger partial charge in [-0.05, 0) is 6.92 Å². The summed E-state index contributed by atoms with van der Waals surface area (Å²) < 4.78 is 0. The van der Waals surface area contributed by atoms with Crippen molar-refractivity contribution < 1.29 is 0 Å². The van der Waals surface area contributed by atoms with Crippen molar-refractivity contribution in [3.8, 4) is 0 Å². The smallest absolute Gasteiger partial charge is 0.152 e. The molecule has 0 aliphatic heterocycles. The van der Waals surface area contributed by atoms with Crippen molar-refractivity contribution >= 4 is 50.9 Å². The number of nitrogens with two attached hydrogens (primary N) is 2. The monoisotopic (exact) mass is 279 g/mol. The van der Waals surface area contributed by atoms with E-state index >= 15 is 0 Å². The number of rotatable bonds is 1. The molecular weight excluding hydrogens is 270 g/mol. The third-order valence-electron chi connectivity index (χ3n) is 0.313. The van der Waals surface area contributed by atoms with Crippen molar-refractivity contribution in [2.24, 2.45) is 11.5 Å². The Hall–Kier alpha value is 0.740. The van der Waals surface area contributed by atoms with Crippen LogP contribution in [0.3, 0.4) is 0 Å². The number of nitrogens with one attached hydrogen (secondary N) is 1. The highest BCUT2D eigenvalue weighted by atomic mass is 79.9. The molecule has 0 radical (unpaired) electrons. The fraction of sp³-hybridized carbons (Fsp3) is 0.667. The van der Waals surface area contributed by atoms with Gasteiger partial charge in [-0.15, -0.1) is 34.0 Å². The SMILES string of the molecule is Br.Br.C[C@@H](N)SC(=N)N. The number of hydrogen-bond donors (Lipinski definition) is 3. The first-order valence-corrected chi connectivity index (χ1v) is 2.77. The van der Waals surface area contributed by atoms with Gasteiger partial charge in [0.1, 0.15) is 0 Å². The van der Waals surface area contributed by atoms with Gasteiger partial charge < -0.3 is 11.5 Å². The van der Waals surface area contributed by atoms with Gasteiger partial charge in [-0.3, -0.25) is 5.41 Å². The molecule has 0 aromatic carbocycles. The lowest BCUT2D eigenvalue weighted by atomic mass is 10.8. The van der Waals surface area contributed by atoms with Crippen molar-refractivity contribution in [1.82, 2.24) is 0 Å². The van der Waals surface area contributed by atoms with E-state index in [1.807, 2.05) is 0 Å². The number of amidine groups is 1. The van der Waals surface area contributed by atoms with Gasteiger partial charge in [0.15, 0.2) is 5.17 Å². The zero-order valence-corrected chi connectivity index (χ0v) is 9.20. The molecule has 0 fully saturated rings. The van der Waals surface area contributed by atoms with Crippen molar-refractivity contribution in [3.05, 3.63) is 0 Å². The molecule has 0 saturated carbocycles. The van der Waals surface area contributed by atoms with Crippen molar-refractivity contribution in [1.29, 1.82) is 5.41 Å². The van der Waals surface area contributed by atoms with E-state index in [0.717, 1.165) is 11.8 Å². The standard InChI is InChI=1S/C3H9N3S.2BrH/c1-2(4)7-3(5)6;;/h2H,4H2,1H3,(H3,5,6);2*1H/t2-;;/m0../s1. The normalized spacial score (nSPS) is 10.4. The Balaban J connectivity index is -0.000000180. The van der Waals surface area contributed by atoms with E-state index in [0.29, 0.717) is 0 Å². The lowest BCUT2D eigenvalue weighted by Gasteiger charge is -1.98. The molecule has 0 amide bonds. The first kappa shape index (κ1) is 16.4. The summed E-state index contributed by atoms with van der Waals surface area (Å²) in [6.45, 7) is 1.78. The molecule has 0 spiro atoms. The maximum absolute atomic E-state index is 6.69. The van der Waals surface area contributed by atoms with E-state index < -0.39 is 0 Å². The lowest BCUT2D eigenvalue weighted by Crippen LogP contribution is -2.16. The molecule has 0 heterocycles. The quantitative estimate of drug-likeness (QED) is 0.382. The summed E-state index contributed by atoms with van der Waals surface area (Å²) in [7, 11) is 0. The molecule has 3 nitrogen and oxygen atoms in total. The van der Waals surface area contributed by atoms with Crippen LogP contribution in [0.5, 0.6) is 0 Å². The van der Waals surface area contributed by atoms with Gasteiger partial charge in [-0.1, -0.05) is 11.8 Å². The molecule has 5 N–H and O–H groups in total. The molecular formula is C3H11Br2N3S. The molecule has 0 rings (SSSR count). The summed E-state index contributed by atoms with van der Waals surface area (Å²) in [6, 6.07) is 0. The Labute approximate surface area is 80.0 Å². The number of hydrogen-bond acceptors (Lipinski definition) is 3. The minimum atomic E-state index is -0.0579. The average Bonchev–Trinajstić information content (AvgIpc) is 1.27. The zero-order valence-electron chi connectivity index (χ0n) is 4.96. The molecule has 6 heteroatoms. The predicted molar refractivity (Wildman–Crippen MR) is 53.8 cm³/mol. The van der Waals surface area contributed by atoms with Crippen LogP contribution in [0.4, 0.5) is 0 Å². The van der Waals surface area contributed by atoms with Crippen LogP contribution >= 0.6 is 45.7 Å². The van der Waals surface area contributed by atoms with Crippen LogP contribution in [0, 0.1) is 5.41 Å². The van der Waals surface area contributed by atoms with E-state index in [1.54, 1.807) is 6.92 Å². The predicted octanol–water partition coefficient (Wildman–Crippen LogP) is 1.07. The fourth-order valence-corrected chi connectivity index (χ4v) is 0.601. The molecule has 0 aromatic rings. The van der Waals surface area contributed by atoms with Gasteiger partial charge in [0.05, 0.1) is 5.37 Å². The van der Waals surface area contributed by atoms with E-state index in [9.17, 15) is 0 Å². The van der Waals surface area contributed by atoms with Gasteiger partial charge in [0.2, 0.25) is 0 Å². The Morgan fingerprint density at radius 1 is 1.56 bits per heavy atom. The Morgan fingerprint density at radius 3 is 1.89 bits per heavy atom. The second-order valence-corrected chi connectivity index (χ2v) is 2.61. The summed E-state index contributed by atoms with van der Waals surface area (Å²) in [5, 5.41) is 6.71. The Kier molecular flexibility index (Phi) is 15.9. The highest BCUT2D eigenvalue weighted by Crippen LogP contribution is 2.00. The largest absolute Gasteiger partial charge is 0.379 e. The zero-order chi connectivity index (χ0) is 5.86. The second kappa shape index (κ2) is 8.74. The topological polar surface area (TPSA) is 75.9 Å². The van der Waals surface area contributed by atoms with Gasteiger partial charge in [-0.2, -0.15) is 0 Å². The molecule has 0 saturated heterocycles. The average molecular weight is 281 g/mol.